The number of amides is 1. The van der Waals surface area contributed by atoms with Crippen LogP contribution in [0.3, 0.4) is 0 Å². The van der Waals surface area contributed by atoms with E-state index < -0.39 is 0 Å². The highest BCUT2D eigenvalue weighted by molar-refractivity contribution is 6.00. The Kier molecular flexibility index (Phi) is 10.6. The molecular weight excluding hydrogens is 673 g/mol. The maximum absolute atomic E-state index is 11.6. The van der Waals surface area contributed by atoms with Crippen LogP contribution >= 0.6 is 0 Å². The van der Waals surface area contributed by atoms with Crippen LogP contribution in [0.5, 0.6) is 0 Å². The van der Waals surface area contributed by atoms with E-state index in [9.17, 15) is 4.79 Å². The third-order valence-corrected chi connectivity index (χ3v) is 9.18. The summed E-state index contributed by atoms with van der Waals surface area (Å²) in [7, 11) is 0. The van der Waals surface area contributed by atoms with Crippen molar-refractivity contribution in [1.29, 1.82) is 0 Å². The molecule has 4 aromatic carbocycles. The standard InChI is InChI=1S/C23H21N5O.C20H19N5/c1-3-23(29)27-18-9-10-20-21(12-18)28(15-25-20)22-14-24-13-19(26-22)11-16(2)17-7-5-4-6-8-17;1-14(15-5-3-2-4-6-15)9-17-11-22-12-20(24-17)25-13-23-18-8-7-16(21)10-19(18)25/h3-10,12-16H,1,11H2,2H3,(H,27,29);2-8,10-14H,9,21H2,1H3/t16-;14-/m11/s1. The Hall–Kier alpha value is -7.01. The van der Waals surface area contributed by atoms with Crippen molar-refractivity contribution in [3.05, 3.63) is 170 Å². The topological polar surface area (TPSA) is 142 Å². The molecule has 0 aliphatic carbocycles. The molecule has 0 aliphatic rings. The Morgan fingerprint density at radius 1 is 0.704 bits per heavy atom. The maximum Gasteiger partial charge on any atom is 0.247 e. The monoisotopic (exact) mass is 712 g/mol. The maximum atomic E-state index is 11.6. The minimum atomic E-state index is -0.257. The van der Waals surface area contributed by atoms with Gasteiger partial charge >= 0.3 is 0 Å². The number of nitrogen functional groups attached to an aromatic ring is 1. The Morgan fingerprint density at radius 3 is 1.72 bits per heavy atom. The van der Waals surface area contributed by atoms with Gasteiger partial charge in [-0.2, -0.15) is 0 Å². The van der Waals surface area contributed by atoms with E-state index in [2.05, 4.69) is 82.1 Å². The van der Waals surface area contributed by atoms with Gasteiger partial charge in [-0.1, -0.05) is 81.1 Å². The lowest BCUT2D eigenvalue weighted by Crippen LogP contribution is -2.07. The molecule has 0 aliphatic heterocycles. The molecule has 0 fully saturated rings. The molecule has 0 unspecified atom stereocenters. The lowest BCUT2D eigenvalue weighted by atomic mass is 9.96. The minimum Gasteiger partial charge on any atom is -0.399 e. The van der Waals surface area contributed by atoms with Gasteiger partial charge in [-0.25, -0.2) is 19.9 Å². The number of fused-ring (bicyclic) bond motifs is 2. The molecule has 0 bridgehead atoms. The molecule has 3 N–H and O–H groups in total. The number of hydrogen-bond donors (Lipinski definition) is 2. The van der Waals surface area contributed by atoms with Gasteiger partial charge in [0.25, 0.3) is 0 Å². The van der Waals surface area contributed by atoms with Crippen molar-refractivity contribution in [1.82, 2.24) is 39.0 Å². The second kappa shape index (κ2) is 16.1. The number of nitrogens with two attached hydrogens (primary N) is 1. The van der Waals surface area contributed by atoms with E-state index in [0.29, 0.717) is 29.0 Å². The molecule has 4 heterocycles. The summed E-state index contributed by atoms with van der Waals surface area (Å²) in [5, 5.41) is 2.77. The summed E-state index contributed by atoms with van der Waals surface area (Å²) in [4.78, 5) is 38.8. The molecular formula is C43H40N10O. The van der Waals surface area contributed by atoms with E-state index in [0.717, 1.165) is 52.1 Å². The van der Waals surface area contributed by atoms with Crippen LogP contribution in [0.4, 0.5) is 11.4 Å². The van der Waals surface area contributed by atoms with Crippen molar-refractivity contribution in [3.8, 4) is 11.6 Å². The fraction of sp³-hybridized carbons (Fsp3) is 0.140. The van der Waals surface area contributed by atoms with Crippen LogP contribution in [0.15, 0.2) is 147 Å². The summed E-state index contributed by atoms with van der Waals surface area (Å²) >= 11 is 0. The van der Waals surface area contributed by atoms with Crippen LogP contribution in [-0.4, -0.2) is 44.9 Å². The van der Waals surface area contributed by atoms with E-state index in [1.54, 1.807) is 31.2 Å². The van der Waals surface area contributed by atoms with Crippen molar-refractivity contribution in [2.75, 3.05) is 11.1 Å². The first-order valence-electron chi connectivity index (χ1n) is 17.7. The van der Waals surface area contributed by atoms with Gasteiger partial charge in [0, 0.05) is 23.8 Å². The van der Waals surface area contributed by atoms with Crippen LogP contribution < -0.4 is 11.1 Å². The van der Waals surface area contributed by atoms with Gasteiger partial charge in [0.05, 0.1) is 45.8 Å². The average Bonchev–Trinajstić information content (AvgIpc) is 3.83. The van der Waals surface area contributed by atoms with E-state index in [4.69, 9.17) is 15.7 Å². The van der Waals surface area contributed by atoms with Crippen LogP contribution in [0.1, 0.15) is 48.2 Å². The molecule has 4 aromatic heterocycles. The van der Waals surface area contributed by atoms with Crippen LogP contribution in [-0.2, 0) is 17.6 Å². The van der Waals surface area contributed by atoms with Crippen molar-refractivity contribution in [3.63, 3.8) is 0 Å². The summed E-state index contributed by atoms with van der Waals surface area (Å²) in [5.74, 6) is 1.90. The van der Waals surface area contributed by atoms with Crippen molar-refractivity contribution in [2.45, 2.75) is 38.5 Å². The number of rotatable bonds is 10. The highest BCUT2D eigenvalue weighted by Crippen LogP contribution is 2.24. The molecule has 54 heavy (non-hydrogen) atoms. The predicted octanol–water partition coefficient (Wildman–Crippen LogP) is 8.03. The first-order valence-corrected chi connectivity index (χ1v) is 17.7. The number of anilines is 2. The quantitative estimate of drug-likeness (QED) is 0.107. The first kappa shape index (κ1) is 35.4. The van der Waals surface area contributed by atoms with Gasteiger partial charge in [0.1, 0.15) is 12.7 Å². The number of nitrogens with one attached hydrogen (secondary N) is 1. The molecule has 0 saturated heterocycles. The SMILES string of the molecule is C=CC(=O)Nc1ccc2ncn(-c3cncc(C[C@@H](C)c4ccccc4)n3)c2c1.C[C@H](Cc1cncc(-n2cnc3ccc(N)cc32)n1)c1ccccc1. The number of carbonyl (C=O) groups is 1. The minimum absolute atomic E-state index is 0.257. The van der Waals surface area contributed by atoms with Crippen LogP contribution in [0, 0.1) is 0 Å². The zero-order valence-corrected chi connectivity index (χ0v) is 30.1. The van der Waals surface area contributed by atoms with Gasteiger partial charge < -0.3 is 11.1 Å². The zero-order chi connectivity index (χ0) is 37.4. The summed E-state index contributed by atoms with van der Waals surface area (Å²) in [5.41, 5.74) is 15.2. The Labute approximate surface area is 313 Å². The number of imidazole rings is 2. The first-order chi connectivity index (χ1) is 26.3. The molecule has 1 amide bonds. The van der Waals surface area contributed by atoms with Gasteiger partial charge in [0.2, 0.25) is 5.91 Å². The molecule has 8 aromatic rings. The molecule has 11 nitrogen and oxygen atoms in total. The van der Waals surface area contributed by atoms with E-state index in [-0.39, 0.29) is 5.91 Å². The Balaban J connectivity index is 0.000000168. The third kappa shape index (κ3) is 8.21. The highest BCUT2D eigenvalue weighted by Gasteiger charge is 2.13. The molecule has 0 saturated carbocycles. The highest BCUT2D eigenvalue weighted by atomic mass is 16.1. The Morgan fingerprint density at radius 2 is 1.20 bits per heavy atom. The normalized spacial score (nSPS) is 12.1. The number of aromatic nitrogens is 8. The summed E-state index contributed by atoms with van der Waals surface area (Å²) in [6, 6.07) is 32.0. The van der Waals surface area contributed by atoms with Crippen LogP contribution in [0.2, 0.25) is 0 Å². The predicted molar refractivity (Wildman–Crippen MR) is 214 cm³/mol. The van der Waals surface area contributed by atoms with Crippen LogP contribution in [0.25, 0.3) is 33.7 Å². The molecule has 11 heteroatoms. The summed E-state index contributed by atoms with van der Waals surface area (Å²) in [6.45, 7) is 7.87. The summed E-state index contributed by atoms with van der Waals surface area (Å²) < 4.78 is 3.80. The van der Waals surface area contributed by atoms with E-state index in [1.807, 2.05) is 76.0 Å². The van der Waals surface area contributed by atoms with Crippen molar-refractivity contribution < 1.29 is 4.79 Å². The molecule has 8 rings (SSSR count). The fourth-order valence-corrected chi connectivity index (χ4v) is 6.31. The van der Waals surface area contributed by atoms with Gasteiger partial charge in [-0.05, 0) is 78.3 Å². The number of hydrogen-bond acceptors (Lipinski definition) is 8. The lowest BCUT2D eigenvalue weighted by molar-refractivity contribution is -0.111. The van der Waals surface area contributed by atoms with Crippen molar-refractivity contribution in [2.24, 2.45) is 0 Å². The number of benzene rings is 4. The lowest BCUT2D eigenvalue weighted by Gasteiger charge is -2.12. The van der Waals surface area contributed by atoms with Gasteiger partial charge in [-0.3, -0.25) is 23.9 Å². The second-order valence-electron chi connectivity index (χ2n) is 13.1. The smallest absolute Gasteiger partial charge is 0.247 e. The van der Waals surface area contributed by atoms with E-state index in [1.165, 1.54) is 17.2 Å². The van der Waals surface area contributed by atoms with Gasteiger partial charge in [-0.15, -0.1) is 0 Å². The Bertz CT molecular complexity index is 2530. The second-order valence-corrected chi connectivity index (χ2v) is 13.1. The number of nitrogens with zero attached hydrogens (tertiary/aromatic N) is 8. The third-order valence-electron chi connectivity index (χ3n) is 9.18. The van der Waals surface area contributed by atoms with Crippen molar-refractivity contribution >= 4 is 39.3 Å². The largest absolute Gasteiger partial charge is 0.399 e. The average molecular weight is 713 g/mol. The zero-order valence-electron chi connectivity index (χ0n) is 30.1. The molecule has 0 spiro atoms. The fourth-order valence-electron chi connectivity index (χ4n) is 6.31. The summed E-state index contributed by atoms with van der Waals surface area (Å²) in [6.07, 6.45) is 13.4. The molecule has 2 atom stereocenters. The molecule has 0 radical (unpaired) electrons. The molecule has 268 valence electrons. The van der Waals surface area contributed by atoms with Gasteiger partial charge in [0.15, 0.2) is 11.6 Å². The van der Waals surface area contributed by atoms with E-state index >= 15 is 0 Å². The number of carbonyl (C=O) groups excluding carboxylic acids is 1.